The molecule has 0 spiro atoms. The predicted octanol–water partition coefficient (Wildman–Crippen LogP) is 2.83. The highest BCUT2D eigenvalue weighted by Crippen LogP contribution is 2.24. The summed E-state index contributed by atoms with van der Waals surface area (Å²) in [5, 5.41) is 3.37. The van der Waals surface area contributed by atoms with E-state index < -0.39 is 0 Å². The third-order valence-corrected chi connectivity index (χ3v) is 2.51. The number of carbonyl (C=O) groups excluding carboxylic acids is 1. The van der Waals surface area contributed by atoms with Gasteiger partial charge in [0.25, 0.3) is 0 Å². The molecular weight excluding hydrogens is 202 g/mol. The summed E-state index contributed by atoms with van der Waals surface area (Å²) in [6.07, 6.45) is 3.35. The van der Waals surface area contributed by atoms with Gasteiger partial charge in [-0.25, -0.2) is 4.79 Å². The van der Waals surface area contributed by atoms with Crippen molar-refractivity contribution in [3.8, 4) is 0 Å². The zero-order valence-electron chi connectivity index (χ0n) is 9.53. The maximum absolute atomic E-state index is 11.5. The van der Waals surface area contributed by atoms with Gasteiger partial charge in [-0.3, -0.25) is 0 Å². The van der Waals surface area contributed by atoms with Crippen LogP contribution in [0.5, 0.6) is 0 Å². The van der Waals surface area contributed by atoms with E-state index in [-0.39, 0.29) is 5.97 Å². The maximum Gasteiger partial charge on any atom is 0.338 e. The molecule has 1 aliphatic carbocycles. The number of ether oxygens (including phenoxy) is 1. The Balaban J connectivity index is 1.92. The lowest BCUT2D eigenvalue weighted by Gasteiger charge is -2.06. The molecule has 1 aliphatic rings. The van der Waals surface area contributed by atoms with Crippen molar-refractivity contribution in [2.45, 2.75) is 32.2 Å². The molecule has 1 saturated carbocycles. The van der Waals surface area contributed by atoms with Crippen LogP contribution in [0.2, 0.25) is 0 Å². The van der Waals surface area contributed by atoms with Crippen LogP contribution in [0.4, 0.5) is 5.69 Å². The highest BCUT2D eigenvalue weighted by molar-refractivity contribution is 5.89. The first-order chi connectivity index (χ1) is 7.79. The standard InChI is InChI=1S/C13H17NO2/c1-2-9-16-13(15)10-3-5-11(6-4-10)14-12-7-8-12/h3-6,12,14H,2,7-9H2,1H3. The number of benzene rings is 1. The summed E-state index contributed by atoms with van der Waals surface area (Å²) in [5.41, 5.74) is 1.70. The van der Waals surface area contributed by atoms with Gasteiger partial charge >= 0.3 is 5.97 Å². The van der Waals surface area contributed by atoms with E-state index in [1.165, 1.54) is 12.8 Å². The van der Waals surface area contributed by atoms with E-state index in [1.54, 1.807) is 0 Å². The van der Waals surface area contributed by atoms with E-state index in [2.05, 4.69) is 5.32 Å². The van der Waals surface area contributed by atoms with Gasteiger partial charge in [0, 0.05) is 11.7 Å². The lowest BCUT2D eigenvalue weighted by atomic mass is 10.2. The first kappa shape index (κ1) is 11.0. The molecule has 0 unspecified atom stereocenters. The summed E-state index contributed by atoms with van der Waals surface area (Å²) in [6.45, 7) is 2.47. The summed E-state index contributed by atoms with van der Waals surface area (Å²) in [6, 6.07) is 8.12. The lowest BCUT2D eigenvalue weighted by Crippen LogP contribution is -2.06. The van der Waals surface area contributed by atoms with Gasteiger partial charge in [0.15, 0.2) is 0 Å². The molecule has 3 heteroatoms. The van der Waals surface area contributed by atoms with Crippen LogP contribution in [0.1, 0.15) is 36.5 Å². The molecule has 2 rings (SSSR count). The van der Waals surface area contributed by atoms with Gasteiger partial charge in [0.2, 0.25) is 0 Å². The maximum atomic E-state index is 11.5. The molecule has 86 valence electrons. The Kier molecular flexibility index (Phi) is 3.44. The number of carbonyl (C=O) groups is 1. The Hall–Kier alpha value is -1.51. The monoisotopic (exact) mass is 219 g/mol. The third-order valence-electron chi connectivity index (χ3n) is 2.51. The van der Waals surface area contributed by atoms with Crippen LogP contribution >= 0.6 is 0 Å². The van der Waals surface area contributed by atoms with Crippen LogP contribution in [-0.2, 0) is 4.74 Å². The summed E-state index contributed by atoms with van der Waals surface area (Å²) < 4.78 is 5.05. The van der Waals surface area contributed by atoms with Crippen LogP contribution in [0.25, 0.3) is 0 Å². The van der Waals surface area contributed by atoms with Crippen molar-refractivity contribution in [2.75, 3.05) is 11.9 Å². The SMILES string of the molecule is CCCOC(=O)c1ccc(NC2CC2)cc1. The number of hydrogen-bond acceptors (Lipinski definition) is 3. The smallest absolute Gasteiger partial charge is 0.338 e. The third kappa shape index (κ3) is 2.99. The van der Waals surface area contributed by atoms with E-state index in [9.17, 15) is 4.79 Å². The molecule has 0 bridgehead atoms. The molecule has 0 aliphatic heterocycles. The summed E-state index contributed by atoms with van der Waals surface area (Å²) >= 11 is 0. The first-order valence-electron chi connectivity index (χ1n) is 5.83. The van der Waals surface area contributed by atoms with Crippen molar-refractivity contribution in [1.29, 1.82) is 0 Å². The Bertz CT molecular complexity index is 355. The molecule has 0 heterocycles. The molecule has 1 N–H and O–H groups in total. The minimum Gasteiger partial charge on any atom is -0.462 e. The second-order valence-electron chi connectivity index (χ2n) is 4.13. The number of nitrogens with one attached hydrogen (secondary N) is 1. The molecule has 0 amide bonds. The normalized spacial score (nSPS) is 14.6. The fourth-order valence-corrected chi connectivity index (χ4v) is 1.44. The van der Waals surface area contributed by atoms with Crippen LogP contribution in [0, 0.1) is 0 Å². The van der Waals surface area contributed by atoms with Crippen molar-refractivity contribution in [2.24, 2.45) is 0 Å². The van der Waals surface area contributed by atoms with Crippen LogP contribution in [0.3, 0.4) is 0 Å². The molecule has 0 radical (unpaired) electrons. The largest absolute Gasteiger partial charge is 0.462 e. The topological polar surface area (TPSA) is 38.3 Å². The van der Waals surface area contributed by atoms with Gasteiger partial charge in [-0.15, -0.1) is 0 Å². The number of esters is 1. The van der Waals surface area contributed by atoms with Crippen LogP contribution < -0.4 is 5.32 Å². The van der Waals surface area contributed by atoms with Gasteiger partial charge < -0.3 is 10.1 Å². The van der Waals surface area contributed by atoms with Crippen LogP contribution in [0.15, 0.2) is 24.3 Å². The van der Waals surface area contributed by atoms with Gasteiger partial charge in [0.1, 0.15) is 0 Å². The molecule has 16 heavy (non-hydrogen) atoms. The van der Waals surface area contributed by atoms with E-state index in [4.69, 9.17) is 4.74 Å². The summed E-state index contributed by atoms with van der Waals surface area (Å²) in [4.78, 5) is 11.5. The first-order valence-corrected chi connectivity index (χ1v) is 5.83. The number of hydrogen-bond donors (Lipinski definition) is 1. The highest BCUT2D eigenvalue weighted by Gasteiger charge is 2.20. The second kappa shape index (κ2) is 5.01. The molecule has 3 nitrogen and oxygen atoms in total. The average molecular weight is 219 g/mol. The molecule has 1 fully saturated rings. The minimum atomic E-state index is -0.236. The van der Waals surface area contributed by atoms with Gasteiger partial charge in [-0.2, -0.15) is 0 Å². The van der Waals surface area contributed by atoms with Gasteiger partial charge in [0.05, 0.1) is 12.2 Å². The number of rotatable bonds is 5. The fourth-order valence-electron chi connectivity index (χ4n) is 1.44. The number of anilines is 1. The quantitative estimate of drug-likeness (QED) is 0.774. The Labute approximate surface area is 95.8 Å². The molecule has 0 atom stereocenters. The fraction of sp³-hybridized carbons (Fsp3) is 0.462. The minimum absolute atomic E-state index is 0.236. The zero-order valence-corrected chi connectivity index (χ0v) is 9.53. The van der Waals surface area contributed by atoms with E-state index >= 15 is 0 Å². The molecule has 1 aromatic carbocycles. The average Bonchev–Trinajstić information content (AvgIpc) is 3.11. The molecule has 0 saturated heterocycles. The summed E-state index contributed by atoms with van der Waals surface area (Å²) in [7, 11) is 0. The van der Waals surface area contributed by atoms with E-state index in [0.717, 1.165) is 12.1 Å². The molecule has 0 aromatic heterocycles. The Morgan fingerprint density at radius 2 is 2.06 bits per heavy atom. The van der Waals surface area contributed by atoms with Crippen molar-refractivity contribution < 1.29 is 9.53 Å². The van der Waals surface area contributed by atoms with E-state index in [0.29, 0.717) is 18.2 Å². The van der Waals surface area contributed by atoms with Gasteiger partial charge in [-0.1, -0.05) is 6.92 Å². The Morgan fingerprint density at radius 3 is 2.62 bits per heavy atom. The van der Waals surface area contributed by atoms with Crippen molar-refractivity contribution >= 4 is 11.7 Å². The molecular formula is C13H17NO2. The second-order valence-corrected chi connectivity index (χ2v) is 4.13. The van der Waals surface area contributed by atoms with Crippen LogP contribution in [-0.4, -0.2) is 18.6 Å². The van der Waals surface area contributed by atoms with Crippen molar-refractivity contribution in [1.82, 2.24) is 0 Å². The molecule has 1 aromatic rings. The Morgan fingerprint density at radius 1 is 1.38 bits per heavy atom. The highest BCUT2D eigenvalue weighted by atomic mass is 16.5. The predicted molar refractivity (Wildman–Crippen MR) is 63.7 cm³/mol. The van der Waals surface area contributed by atoms with Gasteiger partial charge in [-0.05, 0) is 43.5 Å². The zero-order chi connectivity index (χ0) is 11.4. The van der Waals surface area contributed by atoms with E-state index in [1.807, 2.05) is 31.2 Å². The summed E-state index contributed by atoms with van der Waals surface area (Å²) in [5.74, 6) is -0.236. The van der Waals surface area contributed by atoms with Crippen molar-refractivity contribution in [3.63, 3.8) is 0 Å². The lowest BCUT2D eigenvalue weighted by molar-refractivity contribution is 0.0505. The van der Waals surface area contributed by atoms with Crippen molar-refractivity contribution in [3.05, 3.63) is 29.8 Å².